The molecule has 0 aromatic rings. The Balaban J connectivity index is 1.58. The largest absolute Gasteiger partial charge is 0.375 e. The normalized spacial score (nSPS) is 38.5. The van der Waals surface area contributed by atoms with E-state index < -0.39 is 0 Å². The van der Waals surface area contributed by atoms with Crippen molar-refractivity contribution in [1.82, 2.24) is 4.90 Å². The Hall–Kier alpha value is -0.410. The maximum absolute atomic E-state index is 11.6. The molecule has 2 unspecified atom stereocenters. The molecule has 0 radical (unpaired) electrons. The molecule has 2 saturated heterocycles. The van der Waals surface area contributed by atoms with Crippen LogP contribution in [0.3, 0.4) is 0 Å². The third-order valence-electron chi connectivity index (χ3n) is 3.41. The van der Waals surface area contributed by atoms with E-state index in [2.05, 4.69) is 4.90 Å². The molecule has 3 fully saturated rings. The molecule has 2 aliphatic heterocycles. The van der Waals surface area contributed by atoms with Crippen molar-refractivity contribution < 1.29 is 9.53 Å². The molecule has 0 N–H and O–H groups in total. The van der Waals surface area contributed by atoms with Crippen molar-refractivity contribution >= 4 is 5.78 Å². The lowest BCUT2D eigenvalue weighted by Gasteiger charge is -2.25. The van der Waals surface area contributed by atoms with Gasteiger partial charge in [0.2, 0.25) is 0 Å². The Morgan fingerprint density at radius 2 is 2.31 bits per heavy atom. The van der Waals surface area contributed by atoms with Crippen LogP contribution >= 0.6 is 0 Å². The van der Waals surface area contributed by atoms with Crippen LogP contribution < -0.4 is 0 Å². The van der Waals surface area contributed by atoms with Crippen LogP contribution in [0.15, 0.2) is 0 Å². The van der Waals surface area contributed by atoms with Crippen LogP contribution in [0.25, 0.3) is 0 Å². The number of carbonyl (C=O) groups is 1. The Bertz CT molecular complexity index is 237. The number of nitrogens with zero attached hydrogens (tertiary/aromatic N) is 1. The fourth-order valence-electron chi connectivity index (χ4n) is 2.41. The first-order valence-electron chi connectivity index (χ1n) is 5.21. The van der Waals surface area contributed by atoms with Crippen LogP contribution in [0.1, 0.15) is 19.3 Å². The minimum Gasteiger partial charge on any atom is -0.375 e. The maximum Gasteiger partial charge on any atom is 0.149 e. The van der Waals surface area contributed by atoms with Gasteiger partial charge in [0.15, 0.2) is 0 Å². The molecular weight excluding hydrogens is 166 g/mol. The summed E-state index contributed by atoms with van der Waals surface area (Å²) in [5.74, 6) is 0.882. The van der Waals surface area contributed by atoms with Gasteiger partial charge >= 0.3 is 0 Å². The van der Waals surface area contributed by atoms with Crippen LogP contribution in [0, 0.1) is 5.92 Å². The summed E-state index contributed by atoms with van der Waals surface area (Å²) in [4.78, 5) is 13.9. The Morgan fingerprint density at radius 1 is 1.46 bits per heavy atom. The minimum atomic E-state index is 0.417. The molecule has 72 valence electrons. The van der Waals surface area contributed by atoms with Crippen LogP contribution in [-0.4, -0.2) is 42.5 Å². The van der Waals surface area contributed by atoms with E-state index in [9.17, 15) is 4.79 Å². The lowest BCUT2D eigenvalue weighted by molar-refractivity contribution is -0.122. The molecule has 3 heteroatoms. The van der Waals surface area contributed by atoms with Crippen molar-refractivity contribution in [3.05, 3.63) is 0 Å². The zero-order chi connectivity index (χ0) is 8.84. The second-order valence-electron chi connectivity index (χ2n) is 4.51. The lowest BCUT2D eigenvalue weighted by Crippen LogP contribution is -2.40. The summed E-state index contributed by atoms with van der Waals surface area (Å²) in [6, 6.07) is 0.549. The maximum atomic E-state index is 11.6. The first-order valence-corrected chi connectivity index (χ1v) is 5.21. The highest BCUT2D eigenvalue weighted by molar-refractivity contribution is 5.85. The van der Waals surface area contributed by atoms with Gasteiger partial charge in [-0.25, -0.2) is 0 Å². The summed E-state index contributed by atoms with van der Waals surface area (Å²) < 4.78 is 5.49. The molecule has 1 saturated carbocycles. The zero-order valence-corrected chi connectivity index (χ0v) is 7.74. The van der Waals surface area contributed by atoms with Crippen molar-refractivity contribution in [3.63, 3.8) is 0 Å². The Morgan fingerprint density at radius 3 is 2.85 bits per heavy atom. The predicted molar refractivity (Wildman–Crippen MR) is 47.4 cm³/mol. The molecule has 0 aromatic carbocycles. The van der Waals surface area contributed by atoms with Crippen molar-refractivity contribution in [3.8, 4) is 0 Å². The van der Waals surface area contributed by atoms with Crippen molar-refractivity contribution in [2.75, 3.05) is 19.7 Å². The first kappa shape index (κ1) is 7.94. The number of fused-ring (bicyclic) bond motifs is 2. The second kappa shape index (κ2) is 2.79. The number of hydrogen-bond acceptors (Lipinski definition) is 3. The topological polar surface area (TPSA) is 29.5 Å². The average Bonchev–Trinajstić information content (AvgIpc) is 2.79. The number of rotatable bonds is 3. The highest BCUT2D eigenvalue weighted by Gasteiger charge is 2.41. The molecule has 0 spiro atoms. The summed E-state index contributed by atoms with van der Waals surface area (Å²) in [6.07, 6.45) is 3.85. The number of hydrogen-bond donors (Lipinski definition) is 0. The van der Waals surface area contributed by atoms with Crippen molar-refractivity contribution in [2.45, 2.75) is 31.4 Å². The van der Waals surface area contributed by atoms with Crippen LogP contribution in [-0.2, 0) is 9.53 Å². The molecule has 2 heterocycles. The van der Waals surface area contributed by atoms with Gasteiger partial charge in [0.05, 0.1) is 19.3 Å². The fourth-order valence-corrected chi connectivity index (χ4v) is 2.41. The van der Waals surface area contributed by atoms with Gasteiger partial charge in [-0.15, -0.1) is 0 Å². The van der Waals surface area contributed by atoms with Gasteiger partial charge in [-0.05, 0) is 19.3 Å². The Kier molecular flexibility index (Phi) is 1.70. The third kappa shape index (κ3) is 1.40. The highest BCUT2D eigenvalue weighted by Crippen LogP contribution is 2.32. The van der Waals surface area contributed by atoms with E-state index in [1.165, 1.54) is 0 Å². The minimum absolute atomic E-state index is 0.417. The van der Waals surface area contributed by atoms with E-state index in [0.29, 0.717) is 30.4 Å². The second-order valence-corrected chi connectivity index (χ2v) is 4.51. The quantitative estimate of drug-likeness (QED) is 0.632. The molecule has 2 bridgehead atoms. The highest BCUT2D eigenvalue weighted by atomic mass is 16.5. The Labute approximate surface area is 78.0 Å². The van der Waals surface area contributed by atoms with Gasteiger partial charge in [-0.3, -0.25) is 9.69 Å². The average molecular weight is 181 g/mol. The number of morpholine rings is 1. The fraction of sp³-hybridized carbons (Fsp3) is 0.900. The predicted octanol–water partition coefficient (Wildman–Crippen LogP) is 0.439. The SMILES string of the molecule is O=C(CN1CC2CC1CO2)C1CC1. The molecule has 2 atom stereocenters. The summed E-state index contributed by atoms with van der Waals surface area (Å²) in [5.41, 5.74) is 0. The molecule has 13 heavy (non-hydrogen) atoms. The van der Waals surface area contributed by atoms with E-state index >= 15 is 0 Å². The van der Waals surface area contributed by atoms with Gasteiger partial charge < -0.3 is 4.74 Å². The zero-order valence-electron chi connectivity index (χ0n) is 7.74. The van der Waals surface area contributed by atoms with E-state index in [-0.39, 0.29) is 0 Å². The molecule has 3 aliphatic rings. The van der Waals surface area contributed by atoms with E-state index in [1.807, 2.05) is 0 Å². The van der Waals surface area contributed by atoms with E-state index in [0.717, 1.165) is 32.4 Å². The molecule has 1 aliphatic carbocycles. The third-order valence-corrected chi connectivity index (χ3v) is 3.41. The van der Waals surface area contributed by atoms with Crippen LogP contribution in [0.5, 0.6) is 0 Å². The summed E-state index contributed by atoms with van der Waals surface area (Å²) >= 11 is 0. The summed E-state index contributed by atoms with van der Waals surface area (Å²) in [6.45, 7) is 2.53. The van der Waals surface area contributed by atoms with E-state index in [4.69, 9.17) is 4.74 Å². The first-order chi connectivity index (χ1) is 6.33. The molecular formula is C10H15NO2. The molecule has 3 nitrogen and oxygen atoms in total. The number of Topliss-reactive ketones (excluding diaryl/α,β-unsaturated/α-hetero) is 1. The van der Waals surface area contributed by atoms with Gasteiger partial charge in [0.1, 0.15) is 5.78 Å². The van der Waals surface area contributed by atoms with E-state index in [1.54, 1.807) is 0 Å². The van der Waals surface area contributed by atoms with Gasteiger partial charge in [-0.2, -0.15) is 0 Å². The molecule has 0 amide bonds. The van der Waals surface area contributed by atoms with Crippen molar-refractivity contribution in [2.24, 2.45) is 5.92 Å². The van der Waals surface area contributed by atoms with Crippen molar-refractivity contribution in [1.29, 1.82) is 0 Å². The number of ketones is 1. The standard InChI is InChI=1S/C10H15NO2/c12-10(7-1-2-7)5-11-4-9-3-8(11)6-13-9/h7-9H,1-6H2. The number of ether oxygens (including phenoxy) is 1. The summed E-state index contributed by atoms with van der Waals surface area (Å²) in [7, 11) is 0. The monoisotopic (exact) mass is 181 g/mol. The smallest absolute Gasteiger partial charge is 0.149 e. The van der Waals surface area contributed by atoms with Gasteiger partial charge in [0, 0.05) is 18.5 Å². The number of carbonyl (C=O) groups excluding carboxylic acids is 1. The lowest BCUT2D eigenvalue weighted by atomic mass is 10.2. The molecule has 0 aromatic heterocycles. The van der Waals surface area contributed by atoms with Gasteiger partial charge in [0.25, 0.3) is 0 Å². The van der Waals surface area contributed by atoms with Crippen LogP contribution in [0.2, 0.25) is 0 Å². The number of likely N-dealkylation sites (tertiary alicyclic amines) is 1. The van der Waals surface area contributed by atoms with Crippen LogP contribution in [0.4, 0.5) is 0 Å². The van der Waals surface area contributed by atoms with Gasteiger partial charge in [-0.1, -0.05) is 0 Å². The summed E-state index contributed by atoms with van der Waals surface area (Å²) in [5, 5.41) is 0. The molecule has 3 rings (SSSR count).